The Morgan fingerprint density at radius 3 is 2.59 bits per heavy atom. The molecule has 1 nitrogen and oxygen atoms in total. The van der Waals surface area contributed by atoms with Gasteiger partial charge in [0.2, 0.25) is 0 Å². The molecule has 2 heteroatoms. The molecule has 0 aliphatic carbocycles. The SMILES string of the molecule is C=Cc1oc2cc(C)ccc2c1C[Si](C)(C)C. The van der Waals surface area contributed by atoms with Crippen molar-refractivity contribution < 1.29 is 4.42 Å². The van der Waals surface area contributed by atoms with Gasteiger partial charge in [-0.1, -0.05) is 38.4 Å². The second kappa shape index (κ2) is 4.19. The number of aryl methyl sites for hydroxylation is 1. The second-order valence-electron chi connectivity index (χ2n) is 5.89. The predicted octanol–water partition coefficient (Wildman–Crippen LogP) is 4.80. The maximum atomic E-state index is 5.88. The first-order chi connectivity index (χ1) is 7.90. The summed E-state index contributed by atoms with van der Waals surface area (Å²) in [4.78, 5) is 0. The van der Waals surface area contributed by atoms with Crippen LogP contribution >= 0.6 is 0 Å². The third-order valence-corrected chi connectivity index (χ3v) is 4.29. The van der Waals surface area contributed by atoms with Crippen LogP contribution in [0.3, 0.4) is 0 Å². The summed E-state index contributed by atoms with van der Waals surface area (Å²) >= 11 is 0. The fourth-order valence-electron chi connectivity index (χ4n) is 2.15. The van der Waals surface area contributed by atoms with E-state index >= 15 is 0 Å². The highest BCUT2D eigenvalue weighted by atomic mass is 28.3. The molecular formula is C15H20OSi. The van der Waals surface area contributed by atoms with E-state index in [-0.39, 0.29) is 0 Å². The number of rotatable bonds is 3. The molecule has 0 bridgehead atoms. The van der Waals surface area contributed by atoms with Crippen molar-refractivity contribution in [2.45, 2.75) is 32.6 Å². The standard InChI is InChI=1S/C15H20OSi/c1-6-14-13(10-17(3,4)5)12-8-7-11(2)9-15(12)16-14/h6-9H,1,10H2,2-5H3. The van der Waals surface area contributed by atoms with Gasteiger partial charge >= 0.3 is 0 Å². The lowest BCUT2D eigenvalue weighted by atomic mass is 10.1. The smallest absolute Gasteiger partial charge is 0.135 e. The normalized spacial score (nSPS) is 12.0. The second-order valence-corrected chi connectivity index (χ2v) is 11.4. The maximum absolute atomic E-state index is 5.88. The fourth-order valence-corrected chi connectivity index (χ4v) is 3.58. The van der Waals surface area contributed by atoms with E-state index < -0.39 is 8.07 Å². The average molecular weight is 244 g/mol. The Labute approximate surface area is 104 Å². The first-order valence-electron chi connectivity index (χ1n) is 6.05. The molecule has 1 aromatic heterocycles. The number of fused-ring (bicyclic) bond motifs is 1. The molecule has 1 aromatic carbocycles. The molecule has 0 saturated carbocycles. The van der Waals surface area contributed by atoms with Crippen molar-refractivity contribution >= 4 is 25.1 Å². The first-order valence-corrected chi connectivity index (χ1v) is 9.76. The van der Waals surface area contributed by atoms with Crippen LogP contribution in [0.4, 0.5) is 0 Å². The molecule has 0 N–H and O–H groups in total. The summed E-state index contributed by atoms with van der Waals surface area (Å²) in [5.41, 5.74) is 3.57. The van der Waals surface area contributed by atoms with Crippen LogP contribution in [0.2, 0.25) is 19.6 Å². The van der Waals surface area contributed by atoms with Gasteiger partial charge in [0, 0.05) is 19.0 Å². The van der Waals surface area contributed by atoms with E-state index in [0.717, 1.165) is 17.4 Å². The van der Waals surface area contributed by atoms with E-state index in [0.29, 0.717) is 0 Å². The van der Waals surface area contributed by atoms with Gasteiger partial charge in [-0.3, -0.25) is 0 Å². The largest absolute Gasteiger partial charge is 0.456 e. The lowest BCUT2D eigenvalue weighted by molar-refractivity contribution is 0.600. The zero-order chi connectivity index (χ0) is 12.6. The molecule has 0 saturated heterocycles. The minimum absolute atomic E-state index is 0.952. The average Bonchev–Trinajstić information content (AvgIpc) is 2.53. The van der Waals surface area contributed by atoms with Crippen LogP contribution in [-0.4, -0.2) is 8.07 Å². The topological polar surface area (TPSA) is 13.1 Å². The Morgan fingerprint density at radius 1 is 1.29 bits per heavy atom. The van der Waals surface area contributed by atoms with Crippen molar-refractivity contribution in [2.24, 2.45) is 0 Å². The quantitative estimate of drug-likeness (QED) is 0.707. The van der Waals surface area contributed by atoms with Gasteiger partial charge in [-0.05, 0) is 30.7 Å². The summed E-state index contributed by atoms with van der Waals surface area (Å²) in [5.74, 6) is 0.952. The Morgan fingerprint density at radius 2 is 2.00 bits per heavy atom. The summed E-state index contributed by atoms with van der Waals surface area (Å²) in [6, 6.07) is 7.58. The van der Waals surface area contributed by atoms with Crippen molar-refractivity contribution in [1.82, 2.24) is 0 Å². The van der Waals surface area contributed by atoms with Crippen molar-refractivity contribution in [3.63, 3.8) is 0 Å². The van der Waals surface area contributed by atoms with Crippen molar-refractivity contribution in [3.05, 3.63) is 41.7 Å². The third kappa shape index (κ3) is 2.52. The van der Waals surface area contributed by atoms with Crippen LogP contribution in [0.15, 0.2) is 29.2 Å². The summed E-state index contributed by atoms with van der Waals surface area (Å²) in [5, 5.41) is 1.26. The number of hydrogen-bond donors (Lipinski definition) is 0. The van der Waals surface area contributed by atoms with Gasteiger partial charge < -0.3 is 4.42 Å². The van der Waals surface area contributed by atoms with Crippen LogP contribution in [0.25, 0.3) is 17.0 Å². The van der Waals surface area contributed by atoms with Gasteiger partial charge in [0.25, 0.3) is 0 Å². The van der Waals surface area contributed by atoms with Gasteiger partial charge in [-0.25, -0.2) is 0 Å². The molecule has 0 aliphatic heterocycles. The zero-order valence-electron chi connectivity index (χ0n) is 11.1. The molecule has 0 spiro atoms. The van der Waals surface area contributed by atoms with E-state index in [1.807, 2.05) is 6.08 Å². The minimum Gasteiger partial charge on any atom is -0.456 e. The molecule has 1 heterocycles. The van der Waals surface area contributed by atoms with E-state index in [9.17, 15) is 0 Å². The van der Waals surface area contributed by atoms with Crippen LogP contribution in [0.1, 0.15) is 16.9 Å². The van der Waals surface area contributed by atoms with Gasteiger partial charge in [-0.15, -0.1) is 0 Å². The molecule has 2 rings (SSSR count). The molecular weight excluding hydrogens is 224 g/mol. The molecule has 0 radical (unpaired) electrons. The van der Waals surface area contributed by atoms with Crippen molar-refractivity contribution in [2.75, 3.05) is 0 Å². The van der Waals surface area contributed by atoms with E-state index in [4.69, 9.17) is 4.42 Å². The van der Waals surface area contributed by atoms with Gasteiger partial charge in [0.05, 0.1) is 0 Å². The lowest BCUT2D eigenvalue weighted by Gasteiger charge is -2.15. The monoisotopic (exact) mass is 244 g/mol. The molecule has 0 aliphatic rings. The molecule has 2 aromatic rings. The highest BCUT2D eigenvalue weighted by molar-refractivity contribution is 6.75. The molecule has 17 heavy (non-hydrogen) atoms. The maximum Gasteiger partial charge on any atom is 0.135 e. The number of hydrogen-bond acceptors (Lipinski definition) is 1. The van der Waals surface area contributed by atoms with Crippen LogP contribution in [-0.2, 0) is 6.04 Å². The van der Waals surface area contributed by atoms with Crippen LogP contribution in [0.5, 0.6) is 0 Å². The van der Waals surface area contributed by atoms with Crippen molar-refractivity contribution in [1.29, 1.82) is 0 Å². The predicted molar refractivity (Wildman–Crippen MR) is 78.1 cm³/mol. The Kier molecular flexibility index (Phi) is 3.00. The van der Waals surface area contributed by atoms with E-state index in [1.54, 1.807) is 0 Å². The van der Waals surface area contributed by atoms with Crippen molar-refractivity contribution in [3.8, 4) is 0 Å². The Balaban J connectivity index is 2.62. The van der Waals surface area contributed by atoms with Gasteiger partial charge in [-0.2, -0.15) is 0 Å². The first kappa shape index (κ1) is 12.2. The van der Waals surface area contributed by atoms with E-state index in [1.165, 1.54) is 16.5 Å². The highest BCUT2D eigenvalue weighted by Crippen LogP contribution is 2.30. The zero-order valence-corrected chi connectivity index (χ0v) is 12.1. The number of benzene rings is 1. The Hall–Kier alpha value is -1.28. The third-order valence-electron chi connectivity index (χ3n) is 2.87. The molecule has 0 fully saturated rings. The van der Waals surface area contributed by atoms with Crippen LogP contribution < -0.4 is 0 Å². The summed E-state index contributed by atoms with van der Waals surface area (Å²) in [6.07, 6.45) is 1.84. The molecule has 0 amide bonds. The summed E-state index contributed by atoms with van der Waals surface area (Å²) < 4.78 is 5.88. The Bertz CT molecular complexity index is 558. The van der Waals surface area contributed by atoms with E-state index in [2.05, 4.69) is 51.3 Å². The number of furan rings is 1. The minimum atomic E-state index is -1.15. The molecule has 0 atom stereocenters. The molecule has 90 valence electrons. The highest BCUT2D eigenvalue weighted by Gasteiger charge is 2.20. The van der Waals surface area contributed by atoms with Gasteiger partial charge in [0.15, 0.2) is 0 Å². The van der Waals surface area contributed by atoms with Crippen LogP contribution in [0, 0.1) is 6.92 Å². The fraction of sp³-hybridized carbons (Fsp3) is 0.333. The van der Waals surface area contributed by atoms with Gasteiger partial charge in [0.1, 0.15) is 11.3 Å². The molecule has 0 unspecified atom stereocenters. The summed E-state index contributed by atoms with van der Waals surface area (Å²) in [7, 11) is -1.15. The lowest BCUT2D eigenvalue weighted by Crippen LogP contribution is -2.24. The summed E-state index contributed by atoms with van der Waals surface area (Å²) in [6.45, 7) is 13.1.